The lowest BCUT2D eigenvalue weighted by Crippen LogP contribution is -2.36. The molecule has 0 bridgehead atoms. The number of hydrogen-bond donors (Lipinski definition) is 1. The Hall–Kier alpha value is 0.360. The lowest BCUT2D eigenvalue weighted by molar-refractivity contribution is 0.551. The van der Waals surface area contributed by atoms with Gasteiger partial charge in [0.1, 0.15) is 0 Å². The molecule has 16 heavy (non-hydrogen) atoms. The van der Waals surface area contributed by atoms with Gasteiger partial charge in [-0.3, -0.25) is 0 Å². The van der Waals surface area contributed by atoms with Gasteiger partial charge >= 0.3 is 0 Å². The largest absolute Gasteiger partial charge is 0.311 e. The van der Waals surface area contributed by atoms with Crippen molar-refractivity contribution in [3.8, 4) is 0 Å². The molecule has 0 aliphatic carbocycles. The van der Waals surface area contributed by atoms with E-state index in [4.69, 9.17) is 0 Å². The van der Waals surface area contributed by atoms with Crippen LogP contribution in [-0.2, 0) is 0 Å². The van der Waals surface area contributed by atoms with Crippen molar-refractivity contribution in [2.24, 2.45) is 0 Å². The van der Waals surface area contributed by atoms with Gasteiger partial charge in [0.25, 0.3) is 0 Å². The maximum Gasteiger partial charge on any atom is 0.0543 e. The maximum absolute atomic E-state index is 3.51. The summed E-state index contributed by atoms with van der Waals surface area (Å²) in [5.74, 6) is 2.62. The van der Waals surface area contributed by atoms with Crippen LogP contribution in [0, 0.1) is 0 Å². The van der Waals surface area contributed by atoms with E-state index in [1.54, 1.807) is 0 Å². The Bertz CT molecular complexity index is 299. The molecular formula is C12H19NS3. The Morgan fingerprint density at radius 1 is 1.44 bits per heavy atom. The molecule has 0 amide bonds. The highest BCUT2D eigenvalue weighted by atomic mass is 32.2. The highest BCUT2D eigenvalue weighted by Gasteiger charge is 2.32. The Morgan fingerprint density at radius 2 is 2.25 bits per heavy atom. The molecule has 3 unspecified atom stereocenters. The Kier molecular flexibility index (Phi) is 5.07. The van der Waals surface area contributed by atoms with Crippen LogP contribution < -0.4 is 5.32 Å². The summed E-state index contributed by atoms with van der Waals surface area (Å²) in [6, 6.07) is 4.95. The van der Waals surface area contributed by atoms with Gasteiger partial charge in [0.15, 0.2) is 0 Å². The minimum atomic E-state index is 0.530. The molecule has 0 spiro atoms. The van der Waals surface area contributed by atoms with E-state index in [0.29, 0.717) is 6.04 Å². The average molecular weight is 273 g/mol. The van der Waals surface area contributed by atoms with Crippen molar-refractivity contribution in [1.29, 1.82) is 0 Å². The summed E-state index contributed by atoms with van der Waals surface area (Å²) in [5, 5.41) is 7.23. The first kappa shape index (κ1) is 12.8. The van der Waals surface area contributed by atoms with Crippen LogP contribution in [0.1, 0.15) is 24.3 Å². The number of nitrogens with one attached hydrogen (secondary N) is 1. The van der Waals surface area contributed by atoms with Crippen molar-refractivity contribution in [3.63, 3.8) is 0 Å². The standard InChI is InChI=1S/C12H19NS3/c1-3-9-12(16-8-7-15-9)11(13-2)10-5-4-6-14-10/h4-6,9,11-13H,3,7-8H2,1-2H3. The molecule has 1 nitrogen and oxygen atoms in total. The van der Waals surface area contributed by atoms with Crippen molar-refractivity contribution in [2.45, 2.75) is 29.9 Å². The molecule has 1 aromatic rings. The van der Waals surface area contributed by atoms with Crippen LogP contribution in [0.3, 0.4) is 0 Å². The molecule has 3 atom stereocenters. The third-order valence-electron chi connectivity index (χ3n) is 2.98. The molecule has 0 saturated carbocycles. The van der Waals surface area contributed by atoms with E-state index in [2.05, 4.69) is 60.3 Å². The fraction of sp³-hybridized carbons (Fsp3) is 0.667. The summed E-state index contributed by atoms with van der Waals surface area (Å²) >= 11 is 6.18. The molecule has 2 rings (SSSR count). The van der Waals surface area contributed by atoms with Crippen LogP contribution in [0.4, 0.5) is 0 Å². The molecule has 1 aliphatic rings. The number of rotatable bonds is 4. The predicted molar refractivity (Wildman–Crippen MR) is 78.9 cm³/mol. The first-order valence-electron chi connectivity index (χ1n) is 5.80. The summed E-state index contributed by atoms with van der Waals surface area (Å²) in [6.07, 6.45) is 1.28. The molecular weight excluding hydrogens is 254 g/mol. The topological polar surface area (TPSA) is 12.0 Å². The molecule has 1 saturated heterocycles. The molecule has 1 aromatic heterocycles. The van der Waals surface area contributed by atoms with E-state index >= 15 is 0 Å². The minimum absolute atomic E-state index is 0.530. The summed E-state index contributed by atoms with van der Waals surface area (Å²) in [7, 11) is 2.09. The van der Waals surface area contributed by atoms with E-state index in [1.165, 1.54) is 22.8 Å². The van der Waals surface area contributed by atoms with E-state index in [1.807, 2.05) is 11.3 Å². The summed E-state index contributed by atoms with van der Waals surface area (Å²) in [6.45, 7) is 2.32. The fourth-order valence-corrected chi connectivity index (χ4v) is 6.43. The molecule has 0 aromatic carbocycles. The van der Waals surface area contributed by atoms with E-state index in [9.17, 15) is 0 Å². The third kappa shape index (κ3) is 2.78. The van der Waals surface area contributed by atoms with Gasteiger partial charge in [-0.25, -0.2) is 0 Å². The fourth-order valence-electron chi connectivity index (χ4n) is 2.18. The molecule has 4 heteroatoms. The van der Waals surface area contributed by atoms with E-state index in [0.717, 1.165) is 10.5 Å². The SMILES string of the molecule is CCC1SCCSC1C(NC)c1cccs1. The van der Waals surface area contributed by atoms with Crippen LogP contribution >= 0.6 is 34.9 Å². The van der Waals surface area contributed by atoms with Crippen LogP contribution in [-0.4, -0.2) is 29.1 Å². The van der Waals surface area contributed by atoms with E-state index in [-0.39, 0.29) is 0 Å². The lowest BCUT2D eigenvalue weighted by Gasteiger charge is -2.35. The van der Waals surface area contributed by atoms with Gasteiger partial charge in [0, 0.05) is 26.9 Å². The first-order chi connectivity index (χ1) is 7.86. The highest BCUT2D eigenvalue weighted by Crippen LogP contribution is 2.40. The normalized spacial score (nSPS) is 27.9. The maximum atomic E-state index is 3.51. The van der Waals surface area contributed by atoms with E-state index < -0.39 is 0 Å². The van der Waals surface area contributed by atoms with Crippen molar-refractivity contribution in [2.75, 3.05) is 18.6 Å². The number of thiophene rings is 1. The summed E-state index contributed by atoms with van der Waals surface area (Å²) in [4.78, 5) is 1.49. The van der Waals surface area contributed by atoms with Gasteiger partial charge in [-0.1, -0.05) is 13.0 Å². The summed E-state index contributed by atoms with van der Waals surface area (Å²) in [5.41, 5.74) is 0. The van der Waals surface area contributed by atoms with Gasteiger partial charge in [-0.05, 0) is 24.9 Å². The second kappa shape index (κ2) is 6.34. The molecule has 1 N–H and O–H groups in total. The molecule has 1 fully saturated rings. The second-order valence-corrected chi connectivity index (χ2v) is 7.55. The lowest BCUT2D eigenvalue weighted by atomic mass is 10.1. The van der Waals surface area contributed by atoms with Crippen LogP contribution in [0.5, 0.6) is 0 Å². The smallest absolute Gasteiger partial charge is 0.0543 e. The van der Waals surface area contributed by atoms with Crippen molar-refractivity contribution in [1.82, 2.24) is 5.32 Å². The van der Waals surface area contributed by atoms with Crippen molar-refractivity contribution in [3.05, 3.63) is 22.4 Å². The zero-order valence-electron chi connectivity index (χ0n) is 9.81. The van der Waals surface area contributed by atoms with Crippen LogP contribution in [0.15, 0.2) is 17.5 Å². The molecule has 1 aliphatic heterocycles. The Balaban J connectivity index is 2.13. The third-order valence-corrected chi connectivity index (χ3v) is 7.29. The molecule has 90 valence electrons. The van der Waals surface area contributed by atoms with Crippen LogP contribution in [0.2, 0.25) is 0 Å². The Labute approximate surface area is 111 Å². The van der Waals surface area contributed by atoms with Gasteiger partial charge < -0.3 is 5.32 Å². The molecule has 0 radical (unpaired) electrons. The summed E-state index contributed by atoms with van der Waals surface area (Å²) < 4.78 is 0. The second-order valence-electron chi connectivity index (χ2n) is 3.93. The first-order valence-corrected chi connectivity index (χ1v) is 8.78. The average Bonchev–Trinajstić information content (AvgIpc) is 2.84. The van der Waals surface area contributed by atoms with Crippen LogP contribution in [0.25, 0.3) is 0 Å². The number of thioether (sulfide) groups is 2. The monoisotopic (exact) mass is 273 g/mol. The number of hydrogen-bond acceptors (Lipinski definition) is 4. The van der Waals surface area contributed by atoms with Crippen molar-refractivity contribution < 1.29 is 0 Å². The van der Waals surface area contributed by atoms with Gasteiger partial charge in [-0.15, -0.1) is 11.3 Å². The minimum Gasteiger partial charge on any atom is -0.311 e. The zero-order valence-corrected chi connectivity index (χ0v) is 12.3. The molecule has 2 heterocycles. The van der Waals surface area contributed by atoms with Gasteiger partial charge in [0.05, 0.1) is 6.04 Å². The van der Waals surface area contributed by atoms with Gasteiger partial charge in [-0.2, -0.15) is 23.5 Å². The zero-order chi connectivity index (χ0) is 11.4. The van der Waals surface area contributed by atoms with Gasteiger partial charge in [0.2, 0.25) is 0 Å². The highest BCUT2D eigenvalue weighted by molar-refractivity contribution is 8.07. The van der Waals surface area contributed by atoms with Crippen molar-refractivity contribution >= 4 is 34.9 Å². The predicted octanol–water partition coefficient (Wildman–Crippen LogP) is 3.64. The quantitative estimate of drug-likeness (QED) is 0.899. The Morgan fingerprint density at radius 3 is 2.88 bits per heavy atom.